The van der Waals surface area contributed by atoms with Crippen LogP contribution in [-0.4, -0.2) is 57.8 Å². The fourth-order valence-corrected chi connectivity index (χ4v) is 3.18. The van der Waals surface area contributed by atoms with Gasteiger partial charge in [0.15, 0.2) is 11.6 Å². The van der Waals surface area contributed by atoms with Crippen LogP contribution < -0.4 is 0 Å². The Morgan fingerprint density at radius 3 is 2.46 bits per heavy atom. The van der Waals surface area contributed by atoms with Crippen LogP contribution in [0.15, 0.2) is 30.6 Å². The van der Waals surface area contributed by atoms with Gasteiger partial charge in [-0.15, -0.1) is 5.10 Å². The smallest absolute Gasteiger partial charge is 0.346 e. The van der Waals surface area contributed by atoms with Gasteiger partial charge in [-0.05, 0) is 24.3 Å². The van der Waals surface area contributed by atoms with Gasteiger partial charge in [0.25, 0.3) is 0 Å². The number of aromatic nitrogens is 3. The molecule has 126 valence electrons. The maximum Gasteiger partial charge on any atom is 0.346 e. The van der Waals surface area contributed by atoms with Gasteiger partial charge >= 0.3 is 6.03 Å². The lowest BCUT2D eigenvalue weighted by Gasteiger charge is -2.37. The summed E-state index contributed by atoms with van der Waals surface area (Å²) in [6.45, 7) is 2.41. The van der Waals surface area contributed by atoms with Crippen LogP contribution >= 0.6 is 11.6 Å². The quantitative estimate of drug-likeness (QED) is 0.791. The Labute approximate surface area is 144 Å². The maximum atomic E-state index is 12.6. The van der Waals surface area contributed by atoms with E-state index in [4.69, 9.17) is 21.1 Å². The monoisotopic (exact) mass is 348 g/mol. The van der Waals surface area contributed by atoms with Crippen LogP contribution in [0, 0.1) is 0 Å². The molecular formula is C16H17ClN4O3. The molecule has 8 heteroatoms. The normalized spacial score (nSPS) is 19.8. The van der Waals surface area contributed by atoms with Crippen molar-refractivity contribution in [2.24, 2.45) is 0 Å². The van der Waals surface area contributed by atoms with Crippen molar-refractivity contribution < 1.29 is 14.3 Å². The Kier molecular flexibility index (Phi) is 3.99. The fraction of sp³-hybridized carbons (Fsp3) is 0.438. The van der Waals surface area contributed by atoms with E-state index in [1.807, 2.05) is 12.1 Å². The molecule has 0 N–H and O–H groups in total. The summed E-state index contributed by atoms with van der Waals surface area (Å²) in [5.74, 6) is 0.00381. The SMILES string of the molecule is O=C(N1CCC2(CC1)OCCO2)n1cnc(-c2ccc(Cl)cc2)n1. The van der Waals surface area contributed by atoms with Crippen LogP contribution in [0.25, 0.3) is 11.4 Å². The Morgan fingerprint density at radius 2 is 1.79 bits per heavy atom. The number of rotatable bonds is 1. The standard InChI is InChI=1S/C16H17ClN4O3/c17-13-3-1-12(2-4-13)14-18-11-21(19-14)15(22)20-7-5-16(6-8-20)23-9-10-24-16/h1-4,11H,5-10H2. The zero-order chi connectivity index (χ0) is 16.6. The Balaban J connectivity index is 1.45. The minimum Gasteiger partial charge on any atom is -0.347 e. The van der Waals surface area contributed by atoms with E-state index in [1.165, 1.54) is 11.0 Å². The van der Waals surface area contributed by atoms with Crippen LogP contribution in [0.3, 0.4) is 0 Å². The number of likely N-dealkylation sites (tertiary alicyclic amines) is 1. The van der Waals surface area contributed by atoms with Crippen LogP contribution in [0.2, 0.25) is 5.02 Å². The topological polar surface area (TPSA) is 69.5 Å². The van der Waals surface area contributed by atoms with Gasteiger partial charge < -0.3 is 14.4 Å². The van der Waals surface area contributed by atoms with Crippen LogP contribution in [0.5, 0.6) is 0 Å². The average molecular weight is 349 g/mol. The third-order valence-electron chi connectivity index (χ3n) is 4.40. The van der Waals surface area contributed by atoms with Gasteiger partial charge in [-0.25, -0.2) is 9.78 Å². The summed E-state index contributed by atoms with van der Waals surface area (Å²) in [4.78, 5) is 18.5. The number of carbonyl (C=O) groups excluding carboxylic acids is 1. The summed E-state index contributed by atoms with van der Waals surface area (Å²) in [6, 6.07) is 7.00. The Morgan fingerprint density at radius 1 is 1.12 bits per heavy atom. The van der Waals surface area contributed by atoms with Crippen molar-refractivity contribution in [2.45, 2.75) is 18.6 Å². The van der Waals surface area contributed by atoms with Gasteiger partial charge in [0.1, 0.15) is 6.33 Å². The molecule has 0 unspecified atom stereocenters. The van der Waals surface area contributed by atoms with Crippen molar-refractivity contribution in [1.29, 1.82) is 0 Å². The highest BCUT2D eigenvalue weighted by molar-refractivity contribution is 6.30. The van der Waals surface area contributed by atoms with Gasteiger partial charge in [0, 0.05) is 36.5 Å². The molecule has 4 rings (SSSR count). The van der Waals surface area contributed by atoms with Crippen LogP contribution in [0.4, 0.5) is 4.79 Å². The number of piperidine rings is 1. The molecule has 0 atom stereocenters. The van der Waals surface area contributed by atoms with Crippen molar-refractivity contribution in [3.8, 4) is 11.4 Å². The van der Waals surface area contributed by atoms with Crippen molar-refractivity contribution in [1.82, 2.24) is 19.7 Å². The van der Waals surface area contributed by atoms with E-state index in [9.17, 15) is 4.79 Å². The van der Waals surface area contributed by atoms with Crippen molar-refractivity contribution in [2.75, 3.05) is 26.3 Å². The molecule has 1 spiro atoms. The van der Waals surface area contributed by atoms with E-state index >= 15 is 0 Å². The van der Waals surface area contributed by atoms with Gasteiger partial charge in [0.2, 0.25) is 0 Å². The Hall–Kier alpha value is -1.96. The summed E-state index contributed by atoms with van der Waals surface area (Å²) in [7, 11) is 0. The fourth-order valence-electron chi connectivity index (χ4n) is 3.06. The molecule has 0 aliphatic carbocycles. The number of ether oxygens (including phenoxy) is 2. The summed E-state index contributed by atoms with van der Waals surface area (Å²) in [5.41, 5.74) is 0.816. The number of hydrogen-bond donors (Lipinski definition) is 0. The molecule has 2 aliphatic heterocycles. The number of hydrogen-bond acceptors (Lipinski definition) is 5. The third-order valence-corrected chi connectivity index (χ3v) is 4.65. The predicted octanol–water partition coefficient (Wildman–Crippen LogP) is 2.41. The zero-order valence-corrected chi connectivity index (χ0v) is 13.8. The highest BCUT2D eigenvalue weighted by Crippen LogP contribution is 2.31. The highest BCUT2D eigenvalue weighted by atomic mass is 35.5. The second-order valence-corrected chi connectivity index (χ2v) is 6.33. The molecule has 2 fully saturated rings. The minimum absolute atomic E-state index is 0.185. The van der Waals surface area contributed by atoms with Crippen molar-refractivity contribution in [3.63, 3.8) is 0 Å². The van der Waals surface area contributed by atoms with Crippen LogP contribution in [-0.2, 0) is 9.47 Å². The molecule has 7 nitrogen and oxygen atoms in total. The van der Waals surface area contributed by atoms with E-state index < -0.39 is 5.79 Å². The minimum atomic E-state index is -0.492. The number of benzene rings is 1. The molecule has 24 heavy (non-hydrogen) atoms. The van der Waals surface area contributed by atoms with Gasteiger partial charge in [-0.2, -0.15) is 4.68 Å². The third kappa shape index (κ3) is 2.90. The lowest BCUT2D eigenvalue weighted by atomic mass is 10.0. The van der Waals surface area contributed by atoms with Crippen molar-refractivity contribution >= 4 is 17.6 Å². The van der Waals surface area contributed by atoms with E-state index in [2.05, 4.69) is 10.1 Å². The summed E-state index contributed by atoms with van der Waals surface area (Å²) < 4.78 is 12.6. The lowest BCUT2D eigenvalue weighted by Crippen LogP contribution is -2.48. The largest absolute Gasteiger partial charge is 0.347 e. The van der Waals surface area contributed by atoms with Gasteiger partial charge in [0.05, 0.1) is 13.2 Å². The van der Waals surface area contributed by atoms with Gasteiger partial charge in [-0.1, -0.05) is 11.6 Å². The molecular weight excluding hydrogens is 332 g/mol. The first kappa shape index (κ1) is 15.6. The van der Waals surface area contributed by atoms with E-state index in [0.717, 1.165) is 5.56 Å². The molecule has 1 aromatic carbocycles. The number of nitrogens with zero attached hydrogens (tertiary/aromatic N) is 4. The van der Waals surface area contributed by atoms with Crippen LogP contribution in [0.1, 0.15) is 12.8 Å². The molecule has 3 heterocycles. The Bertz CT molecular complexity index is 730. The van der Waals surface area contributed by atoms with Gasteiger partial charge in [-0.3, -0.25) is 0 Å². The molecule has 0 bridgehead atoms. The predicted molar refractivity (Wildman–Crippen MR) is 86.7 cm³/mol. The van der Waals surface area contributed by atoms with E-state index in [-0.39, 0.29) is 6.03 Å². The summed E-state index contributed by atoms with van der Waals surface area (Å²) in [6.07, 6.45) is 2.80. The number of amides is 1. The summed E-state index contributed by atoms with van der Waals surface area (Å²) in [5, 5.41) is 4.93. The van der Waals surface area contributed by atoms with Crippen molar-refractivity contribution in [3.05, 3.63) is 35.6 Å². The molecule has 0 radical (unpaired) electrons. The second kappa shape index (κ2) is 6.16. The highest BCUT2D eigenvalue weighted by Gasteiger charge is 2.41. The number of carbonyl (C=O) groups is 1. The maximum absolute atomic E-state index is 12.6. The number of halogens is 1. The molecule has 2 aliphatic rings. The molecule has 2 aromatic rings. The first-order valence-electron chi connectivity index (χ1n) is 7.90. The second-order valence-electron chi connectivity index (χ2n) is 5.90. The first-order chi connectivity index (χ1) is 11.7. The molecule has 1 aromatic heterocycles. The zero-order valence-electron chi connectivity index (χ0n) is 13.0. The average Bonchev–Trinajstić information content (AvgIpc) is 3.26. The van der Waals surface area contributed by atoms with E-state index in [1.54, 1.807) is 17.0 Å². The molecule has 0 saturated carbocycles. The molecule has 2 saturated heterocycles. The summed E-state index contributed by atoms with van der Waals surface area (Å²) >= 11 is 5.88. The lowest BCUT2D eigenvalue weighted by molar-refractivity contribution is -0.181. The van der Waals surface area contributed by atoms with E-state index in [0.29, 0.717) is 50.0 Å². The molecule has 1 amide bonds. The first-order valence-corrected chi connectivity index (χ1v) is 8.28.